The molecule has 0 aliphatic carbocycles. The number of ether oxygens (including phenoxy) is 4. The highest BCUT2D eigenvalue weighted by atomic mass is 32.2. The maximum Gasteiger partial charge on any atom is 0.192 e. The maximum atomic E-state index is 12.8. The number of carbonyl (C=O) groups excluding carboxylic acids is 1. The van der Waals surface area contributed by atoms with Crippen molar-refractivity contribution >= 4 is 17.5 Å². The van der Waals surface area contributed by atoms with E-state index in [0.717, 1.165) is 5.75 Å². The first-order chi connectivity index (χ1) is 15.9. The largest absolute Gasteiger partial charge is 0.497 e. The predicted molar refractivity (Wildman–Crippen MR) is 127 cm³/mol. The number of rotatable bonds is 11. The molecule has 0 radical (unpaired) electrons. The van der Waals surface area contributed by atoms with Gasteiger partial charge in [-0.2, -0.15) is 0 Å². The van der Waals surface area contributed by atoms with Crippen LogP contribution in [0.2, 0.25) is 0 Å². The summed E-state index contributed by atoms with van der Waals surface area (Å²) in [6, 6.07) is 12.6. The molecule has 176 valence electrons. The molecule has 1 aromatic heterocycles. The van der Waals surface area contributed by atoms with Crippen molar-refractivity contribution in [2.75, 3.05) is 27.1 Å². The molecule has 0 spiro atoms. The van der Waals surface area contributed by atoms with Crippen molar-refractivity contribution in [3.05, 3.63) is 53.9 Å². The van der Waals surface area contributed by atoms with Crippen LogP contribution in [0.25, 0.3) is 0 Å². The number of carbonyl (C=O) groups is 1. The Balaban J connectivity index is 1.74. The third-order valence-electron chi connectivity index (χ3n) is 4.96. The molecular weight excluding hydrogens is 442 g/mol. The highest BCUT2D eigenvalue weighted by Crippen LogP contribution is 2.31. The normalized spacial score (nSPS) is 11.8. The molecule has 0 bridgehead atoms. The topological polar surface area (TPSA) is 84.7 Å². The summed E-state index contributed by atoms with van der Waals surface area (Å²) in [5, 5.41) is 9.36. The number of aromatic nitrogens is 3. The summed E-state index contributed by atoms with van der Waals surface area (Å²) >= 11 is 1.34. The first-order valence-corrected chi connectivity index (χ1v) is 11.5. The van der Waals surface area contributed by atoms with Crippen LogP contribution >= 0.6 is 11.8 Å². The molecule has 1 heterocycles. The summed E-state index contributed by atoms with van der Waals surface area (Å²) in [5.74, 6) is 3.36. The smallest absolute Gasteiger partial charge is 0.192 e. The Morgan fingerprint density at radius 3 is 2.33 bits per heavy atom. The summed E-state index contributed by atoms with van der Waals surface area (Å²) in [6.07, 6.45) is -0.345. The summed E-state index contributed by atoms with van der Waals surface area (Å²) in [7, 11) is 4.72. The number of Topliss-reactive ketones (excluding diaryl/α,β-unsaturated/α-hetero) is 1. The summed E-state index contributed by atoms with van der Waals surface area (Å²) < 4.78 is 23.9. The lowest BCUT2D eigenvalue weighted by molar-refractivity contribution is 0.102. The van der Waals surface area contributed by atoms with E-state index < -0.39 is 0 Å². The average molecular weight is 472 g/mol. The van der Waals surface area contributed by atoms with Crippen LogP contribution in [0.4, 0.5) is 0 Å². The molecule has 3 aromatic rings. The van der Waals surface area contributed by atoms with Gasteiger partial charge in [0.25, 0.3) is 0 Å². The van der Waals surface area contributed by atoms with Gasteiger partial charge in [-0.3, -0.25) is 4.79 Å². The number of thioether (sulfide) groups is 1. The summed E-state index contributed by atoms with van der Waals surface area (Å²) in [4.78, 5) is 12.8. The number of methoxy groups -OCH3 is 3. The molecule has 33 heavy (non-hydrogen) atoms. The van der Waals surface area contributed by atoms with Crippen LogP contribution in [0, 0.1) is 0 Å². The monoisotopic (exact) mass is 471 g/mol. The van der Waals surface area contributed by atoms with Crippen molar-refractivity contribution in [1.29, 1.82) is 0 Å². The minimum atomic E-state index is -0.345. The van der Waals surface area contributed by atoms with E-state index in [1.54, 1.807) is 39.5 Å². The number of hydrogen-bond donors (Lipinski definition) is 0. The van der Waals surface area contributed by atoms with E-state index in [1.165, 1.54) is 11.8 Å². The first-order valence-electron chi connectivity index (χ1n) is 10.5. The summed E-state index contributed by atoms with van der Waals surface area (Å²) in [6.45, 7) is 6.02. The molecule has 0 saturated heterocycles. The van der Waals surface area contributed by atoms with Gasteiger partial charge in [-0.15, -0.1) is 10.2 Å². The number of ketones is 1. The van der Waals surface area contributed by atoms with Gasteiger partial charge in [-0.05, 0) is 51.1 Å². The van der Waals surface area contributed by atoms with Gasteiger partial charge in [0.2, 0.25) is 0 Å². The van der Waals surface area contributed by atoms with Crippen LogP contribution in [-0.2, 0) is 0 Å². The maximum absolute atomic E-state index is 12.8. The van der Waals surface area contributed by atoms with Crippen LogP contribution in [0.5, 0.6) is 23.0 Å². The van der Waals surface area contributed by atoms with Gasteiger partial charge < -0.3 is 23.5 Å². The molecule has 0 amide bonds. The van der Waals surface area contributed by atoms with Crippen molar-refractivity contribution in [3.8, 4) is 23.0 Å². The van der Waals surface area contributed by atoms with Crippen molar-refractivity contribution in [1.82, 2.24) is 14.8 Å². The second-order valence-corrected chi connectivity index (χ2v) is 8.47. The van der Waals surface area contributed by atoms with Gasteiger partial charge in [0.15, 0.2) is 34.4 Å². The molecule has 9 heteroatoms. The van der Waals surface area contributed by atoms with Gasteiger partial charge in [-0.25, -0.2) is 0 Å². The van der Waals surface area contributed by atoms with E-state index >= 15 is 0 Å². The lowest BCUT2D eigenvalue weighted by Crippen LogP contribution is -2.14. The standard InChI is InChI=1S/C24H29N3O5S/c1-15(2)27-23(16(3)32-19-9-7-8-18(13-19)29-4)25-26-24(27)33-14-20(28)17-10-11-21(30-5)22(12-17)31-6/h7-13,15-16H,14H2,1-6H3. The minimum Gasteiger partial charge on any atom is -0.497 e. The van der Waals surface area contributed by atoms with E-state index in [2.05, 4.69) is 10.2 Å². The molecule has 0 aliphatic heterocycles. The van der Waals surface area contributed by atoms with Crippen molar-refractivity contribution in [3.63, 3.8) is 0 Å². The van der Waals surface area contributed by atoms with Crippen molar-refractivity contribution in [2.24, 2.45) is 0 Å². The Kier molecular flexibility index (Phi) is 8.21. The molecule has 0 fully saturated rings. The summed E-state index contributed by atoms with van der Waals surface area (Å²) in [5.41, 5.74) is 0.547. The highest BCUT2D eigenvalue weighted by molar-refractivity contribution is 7.99. The third-order valence-corrected chi connectivity index (χ3v) is 5.91. The zero-order chi connectivity index (χ0) is 24.0. The Hall–Kier alpha value is -3.20. The van der Waals surface area contributed by atoms with Crippen LogP contribution in [0.1, 0.15) is 49.1 Å². The molecule has 1 unspecified atom stereocenters. The van der Waals surface area contributed by atoms with E-state index in [-0.39, 0.29) is 23.7 Å². The van der Waals surface area contributed by atoms with Gasteiger partial charge in [0.05, 0.1) is 27.1 Å². The number of benzene rings is 2. The SMILES string of the molecule is COc1cccc(OC(C)c2nnc(SCC(=O)c3ccc(OC)c(OC)c3)n2C(C)C)c1. The fourth-order valence-corrected chi connectivity index (χ4v) is 4.27. The molecular formula is C24H29N3O5S. The van der Waals surface area contributed by atoms with Crippen molar-refractivity contribution in [2.45, 2.75) is 38.1 Å². The van der Waals surface area contributed by atoms with Crippen LogP contribution in [0.3, 0.4) is 0 Å². The van der Waals surface area contributed by atoms with E-state index in [4.69, 9.17) is 18.9 Å². The molecule has 8 nitrogen and oxygen atoms in total. The van der Waals surface area contributed by atoms with Gasteiger partial charge in [0.1, 0.15) is 11.5 Å². The average Bonchev–Trinajstić information content (AvgIpc) is 3.26. The Labute approximate surface area is 198 Å². The minimum absolute atomic E-state index is 0.0403. The molecule has 0 aliphatic rings. The van der Waals surface area contributed by atoms with E-state index in [0.29, 0.717) is 33.8 Å². The quantitative estimate of drug-likeness (QED) is 0.285. The van der Waals surface area contributed by atoms with E-state index in [1.807, 2.05) is 49.6 Å². The lowest BCUT2D eigenvalue weighted by Gasteiger charge is -2.19. The molecule has 3 rings (SSSR count). The Morgan fingerprint density at radius 2 is 1.67 bits per heavy atom. The molecule has 2 aromatic carbocycles. The van der Waals surface area contributed by atoms with Crippen LogP contribution in [-0.4, -0.2) is 47.6 Å². The van der Waals surface area contributed by atoms with Gasteiger partial charge >= 0.3 is 0 Å². The molecule has 0 saturated carbocycles. The second-order valence-electron chi connectivity index (χ2n) is 7.53. The van der Waals surface area contributed by atoms with Gasteiger partial charge in [0, 0.05) is 17.7 Å². The molecule has 0 N–H and O–H groups in total. The zero-order valence-electron chi connectivity index (χ0n) is 19.7. The van der Waals surface area contributed by atoms with Gasteiger partial charge in [-0.1, -0.05) is 17.8 Å². The fourth-order valence-electron chi connectivity index (χ4n) is 3.30. The lowest BCUT2D eigenvalue weighted by atomic mass is 10.1. The highest BCUT2D eigenvalue weighted by Gasteiger charge is 2.22. The molecule has 1 atom stereocenters. The Morgan fingerprint density at radius 1 is 0.939 bits per heavy atom. The zero-order valence-corrected chi connectivity index (χ0v) is 20.5. The van der Waals surface area contributed by atoms with Crippen LogP contribution < -0.4 is 18.9 Å². The van der Waals surface area contributed by atoms with Crippen LogP contribution in [0.15, 0.2) is 47.6 Å². The number of hydrogen-bond acceptors (Lipinski definition) is 8. The third kappa shape index (κ3) is 5.78. The number of nitrogens with zero attached hydrogens (tertiary/aromatic N) is 3. The first kappa shape index (κ1) is 24.4. The van der Waals surface area contributed by atoms with Crippen molar-refractivity contribution < 1.29 is 23.7 Å². The predicted octanol–water partition coefficient (Wildman–Crippen LogP) is 5.00. The van der Waals surface area contributed by atoms with E-state index in [9.17, 15) is 4.79 Å². The fraction of sp³-hybridized carbons (Fsp3) is 0.375. The second kappa shape index (κ2) is 11.1. The Bertz CT molecular complexity index is 1100.